The van der Waals surface area contributed by atoms with Gasteiger partial charge in [0.05, 0.1) is 0 Å². The highest BCUT2D eigenvalue weighted by Gasteiger charge is 2.41. The van der Waals surface area contributed by atoms with Crippen LogP contribution in [0.4, 0.5) is 0 Å². The fourth-order valence-electron chi connectivity index (χ4n) is 3.40. The minimum atomic E-state index is -0.774. The van der Waals surface area contributed by atoms with Crippen LogP contribution in [0.5, 0.6) is 0 Å². The van der Waals surface area contributed by atoms with Gasteiger partial charge in [-0.15, -0.1) is 15.0 Å². The first kappa shape index (κ1) is 17.1. The number of tetrazole rings is 1. The SMILES string of the molecule is NOCc1nnn(C(c2ccccc2)(c2ccccc2)c2ccccc2)n1. The van der Waals surface area contributed by atoms with Crippen LogP contribution in [0.15, 0.2) is 91.0 Å². The van der Waals surface area contributed by atoms with Gasteiger partial charge in [-0.25, -0.2) is 5.90 Å². The van der Waals surface area contributed by atoms with Gasteiger partial charge in [0.2, 0.25) is 5.82 Å². The number of rotatable bonds is 6. The third kappa shape index (κ3) is 3.01. The Morgan fingerprint density at radius 3 is 1.59 bits per heavy atom. The molecule has 0 unspecified atom stereocenters. The van der Waals surface area contributed by atoms with E-state index in [4.69, 9.17) is 10.7 Å². The summed E-state index contributed by atoms with van der Waals surface area (Å²) in [6.07, 6.45) is 0. The van der Waals surface area contributed by atoms with E-state index in [-0.39, 0.29) is 6.61 Å². The van der Waals surface area contributed by atoms with Crippen LogP contribution in [0.2, 0.25) is 0 Å². The molecule has 0 bridgehead atoms. The molecule has 0 aliphatic rings. The van der Waals surface area contributed by atoms with Crippen molar-refractivity contribution in [3.8, 4) is 0 Å². The summed E-state index contributed by atoms with van der Waals surface area (Å²) in [5.74, 6) is 5.62. The van der Waals surface area contributed by atoms with Crippen LogP contribution in [-0.4, -0.2) is 20.2 Å². The van der Waals surface area contributed by atoms with Crippen LogP contribution in [0.25, 0.3) is 0 Å². The summed E-state index contributed by atoms with van der Waals surface area (Å²) in [6.45, 7) is 0.0917. The first-order chi connectivity index (χ1) is 13.4. The monoisotopic (exact) mass is 357 g/mol. The predicted octanol–water partition coefficient (Wildman–Crippen LogP) is 2.90. The van der Waals surface area contributed by atoms with Crippen molar-refractivity contribution in [3.05, 3.63) is 114 Å². The molecule has 0 saturated carbocycles. The number of hydrogen-bond donors (Lipinski definition) is 1. The van der Waals surface area contributed by atoms with E-state index in [1.807, 2.05) is 54.6 Å². The smallest absolute Gasteiger partial charge is 0.202 e. The van der Waals surface area contributed by atoms with Crippen LogP contribution in [0, 0.1) is 0 Å². The van der Waals surface area contributed by atoms with E-state index in [0.717, 1.165) is 16.7 Å². The Balaban J connectivity index is 2.06. The third-order valence-electron chi connectivity index (χ3n) is 4.54. The van der Waals surface area contributed by atoms with Gasteiger partial charge < -0.3 is 0 Å². The van der Waals surface area contributed by atoms with E-state index in [1.165, 1.54) is 0 Å². The first-order valence-electron chi connectivity index (χ1n) is 8.63. The summed E-state index contributed by atoms with van der Waals surface area (Å²) in [4.78, 5) is 6.33. The van der Waals surface area contributed by atoms with Gasteiger partial charge in [-0.2, -0.15) is 0 Å². The lowest BCUT2D eigenvalue weighted by atomic mass is 9.77. The number of nitrogens with zero attached hydrogens (tertiary/aromatic N) is 4. The molecule has 0 aliphatic carbocycles. The number of hydrogen-bond acceptors (Lipinski definition) is 5. The molecule has 27 heavy (non-hydrogen) atoms. The zero-order valence-electron chi connectivity index (χ0n) is 14.6. The molecule has 0 fully saturated rings. The highest BCUT2D eigenvalue weighted by atomic mass is 16.6. The van der Waals surface area contributed by atoms with E-state index >= 15 is 0 Å². The molecule has 0 saturated heterocycles. The lowest BCUT2D eigenvalue weighted by Crippen LogP contribution is -2.39. The summed E-state index contributed by atoms with van der Waals surface area (Å²) in [6, 6.07) is 30.5. The topological polar surface area (TPSA) is 78.9 Å². The molecule has 6 heteroatoms. The maximum Gasteiger partial charge on any atom is 0.202 e. The molecule has 1 aromatic heterocycles. The molecule has 4 rings (SSSR count). The molecule has 4 aromatic rings. The molecular weight excluding hydrogens is 338 g/mol. The molecular formula is C21H19N5O. The molecule has 134 valence electrons. The maximum atomic E-state index is 5.20. The quantitative estimate of drug-likeness (QED) is 0.424. The molecule has 0 atom stereocenters. The van der Waals surface area contributed by atoms with Crippen LogP contribution in [0.1, 0.15) is 22.5 Å². The van der Waals surface area contributed by atoms with Gasteiger partial charge >= 0.3 is 0 Å². The van der Waals surface area contributed by atoms with Crippen molar-refractivity contribution in [2.75, 3.05) is 0 Å². The van der Waals surface area contributed by atoms with Crippen molar-refractivity contribution in [2.24, 2.45) is 5.90 Å². The van der Waals surface area contributed by atoms with Crippen molar-refractivity contribution in [1.29, 1.82) is 0 Å². The largest absolute Gasteiger partial charge is 0.296 e. The second-order valence-corrected chi connectivity index (χ2v) is 6.11. The Morgan fingerprint density at radius 2 is 1.19 bits per heavy atom. The van der Waals surface area contributed by atoms with Gasteiger partial charge in [0, 0.05) is 0 Å². The van der Waals surface area contributed by atoms with Crippen LogP contribution < -0.4 is 5.90 Å². The number of benzene rings is 3. The molecule has 2 N–H and O–H groups in total. The standard InChI is InChI=1S/C21H19N5O/c22-27-16-20-23-25-26(24-20)21(17-10-4-1-5-11-17,18-12-6-2-7-13-18)19-14-8-3-9-15-19/h1-15H,16,22H2. The molecule has 0 radical (unpaired) electrons. The summed E-state index contributed by atoms with van der Waals surface area (Å²) < 4.78 is 0. The lowest BCUT2D eigenvalue weighted by Gasteiger charge is -2.34. The van der Waals surface area contributed by atoms with Crippen molar-refractivity contribution in [2.45, 2.75) is 12.1 Å². The van der Waals surface area contributed by atoms with E-state index in [0.29, 0.717) is 5.82 Å². The van der Waals surface area contributed by atoms with Gasteiger partial charge in [0.15, 0.2) is 5.54 Å². The zero-order valence-corrected chi connectivity index (χ0v) is 14.6. The Labute approximate surface area is 157 Å². The Hall–Kier alpha value is -3.35. The van der Waals surface area contributed by atoms with E-state index in [9.17, 15) is 0 Å². The molecule has 3 aromatic carbocycles. The predicted molar refractivity (Wildman–Crippen MR) is 101 cm³/mol. The van der Waals surface area contributed by atoms with Gasteiger partial charge in [-0.05, 0) is 21.9 Å². The third-order valence-corrected chi connectivity index (χ3v) is 4.54. The van der Waals surface area contributed by atoms with Crippen LogP contribution in [0.3, 0.4) is 0 Å². The number of aromatic nitrogens is 4. The van der Waals surface area contributed by atoms with Crippen molar-refractivity contribution in [1.82, 2.24) is 20.2 Å². The van der Waals surface area contributed by atoms with Gasteiger partial charge in [-0.1, -0.05) is 91.0 Å². The fraction of sp³-hybridized carbons (Fsp3) is 0.0952. The lowest BCUT2D eigenvalue weighted by molar-refractivity contribution is 0.118. The van der Waals surface area contributed by atoms with Crippen molar-refractivity contribution >= 4 is 0 Å². The van der Waals surface area contributed by atoms with Crippen molar-refractivity contribution in [3.63, 3.8) is 0 Å². The minimum Gasteiger partial charge on any atom is -0.296 e. The molecule has 0 aliphatic heterocycles. The second kappa shape index (κ2) is 7.49. The molecule has 6 nitrogen and oxygen atoms in total. The van der Waals surface area contributed by atoms with Crippen LogP contribution >= 0.6 is 0 Å². The van der Waals surface area contributed by atoms with Crippen molar-refractivity contribution < 1.29 is 4.84 Å². The minimum absolute atomic E-state index is 0.0917. The maximum absolute atomic E-state index is 5.20. The van der Waals surface area contributed by atoms with Gasteiger partial charge in [0.1, 0.15) is 6.61 Å². The summed E-state index contributed by atoms with van der Waals surface area (Å²) in [5.41, 5.74) is 2.31. The molecule has 0 amide bonds. The number of nitrogens with two attached hydrogens (primary N) is 1. The normalized spacial score (nSPS) is 11.4. The molecule has 1 heterocycles. The van der Waals surface area contributed by atoms with E-state index in [1.54, 1.807) is 4.80 Å². The fourth-order valence-corrected chi connectivity index (χ4v) is 3.40. The second-order valence-electron chi connectivity index (χ2n) is 6.11. The van der Waals surface area contributed by atoms with E-state index in [2.05, 4.69) is 51.8 Å². The Kier molecular flexibility index (Phi) is 4.74. The average molecular weight is 357 g/mol. The first-order valence-corrected chi connectivity index (χ1v) is 8.63. The summed E-state index contributed by atoms with van der Waals surface area (Å²) in [7, 11) is 0. The van der Waals surface area contributed by atoms with Crippen LogP contribution in [-0.2, 0) is 17.0 Å². The Bertz CT molecular complexity index is 890. The zero-order chi connectivity index (χ0) is 18.5. The molecule has 0 spiro atoms. The highest BCUT2D eigenvalue weighted by Crippen LogP contribution is 2.39. The summed E-state index contributed by atoms with van der Waals surface area (Å²) >= 11 is 0. The van der Waals surface area contributed by atoms with Gasteiger partial charge in [-0.3, -0.25) is 4.84 Å². The summed E-state index contributed by atoms with van der Waals surface area (Å²) in [5, 5.41) is 13.1. The highest BCUT2D eigenvalue weighted by molar-refractivity contribution is 5.49. The van der Waals surface area contributed by atoms with E-state index < -0.39 is 5.54 Å². The Morgan fingerprint density at radius 1 is 0.741 bits per heavy atom. The van der Waals surface area contributed by atoms with Gasteiger partial charge in [0.25, 0.3) is 0 Å². The average Bonchev–Trinajstić information content (AvgIpc) is 3.20.